The lowest BCUT2D eigenvalue weighted by Gasteiger charge is -2.17. The number of methoxy groups -OCH3 is 2. The molecule has 31 heavy (non-hydrogen) atoms. The molecule has 0 aromatic heterocycles. The molecule has 0 saturated carbocycles. The topological polar surface area (TPSA) is 87.3 Å². The molecule has 2 aromatic carbocycles. The number of hydrogen-bond acceptors (Lipinski definition) is 6. The Morgan fingerprint density at radius 1 is 0.806 bits per heavy atom. The SMILES string of the molecule is CCOc1cc(NC(=O)NCCc2ccc(OC)c(OC)c2)cc(OCC)c1OCC. The molecule has 2 aromatic rings. The molecule has 0 aliphatic heterocycles. The van der Waals surface area contributed by atoms with Crippen LogP contribution < -0.4 is 34.3 Å². The van der Waals surface area contributed by atoms with Gasteiger partial charge >= 0.3 is 6.03 Å². The van der Waals surface area contributed by atoms with E-state index >= 15 is 0 Å². The highest BCUT2D eigenvalue weighted by Gasteiger charge is 2.16. The van der Waals surface area contributed by atoms with Crippen molar-refractivity contribution >= 4 is 11.7 Å². The zero-order valence-electron chi connectivity index (χ0n) is 18.9. The minimum atomic E-state index is -0.325. The maximum atomic E-state index is 12.4. The van der Waals surface area contributed by atoms with Crippen LogP contribution in [0.4, 0.5) is 10.5 Å². The molecular weight excluding hydrogens is 400 g/mol. The van der Waals surface area contributed by atoms with Crippen LogP contribution in [0.2, 0.25) is 0 Å². The van der Waals surface area contributed by atoms with Gasteiger partial charge in [-0.2, -0.15) is 0 Å². The van der Waals surface area contributed by atoms with Gasteiger partial charge in [-0.25, -0.2) is 4.79 Å². The molecule has 0 bridgehead atoms. The Bertz CT molecular complexity index is 829. The van der Waals surface area contributed by atoms with Crippen molar-refractivity contribution in [3.63, 3.8) is 0 Å². The highest BCUT2D eigenvalue weighted by Crippen LogP contribution is 2.40. The number of amides is 2. The number of benzene rings is 2. The molecule has 0 aliphatic carbocycles. The third-order valence-electron chi connectivity index (χ3n) is 4.31. The van der Waals surface area contributed by atoms with E-state index in [1.807, 2.05) is 39.0 Å². The molecule has 0 radical (unpaired) electrons. The number of hydrogen-bond donors (Lipinski definition) is 2. The zero-order valence-corrected chi connectivity index (χ0v) is 18.9. The molecule has 0 unspecified atom stereocenters. The van der Waals surface area contributed by atoms with Gasteiger partial charge in [0.05, 0.1) is 39.7 Å². The highest BCUT2D eigenvalue weighted by molar-refractivity contribution is 5.90. The van der Waals surface area contributed by atoms with Gasteiger partial charge in [0.15, 0.2) is 23.0 Å². The number of carbonyl (C=O) groups is 1. The van der Waals surface area contributed by atoms with E-state index in [1.165, 1.54) is 0 Å². The van der Waals surface area contributed by atoms with Crippen molar-refractivity contribution in [2.24, 2.45) is 0 Å². The van der Waals surface area contributed by atoms with Gasteiger partial charge in [0.1, 0.15) is 0 Å². The standard InChI is InChI=1S/C23H32N2O6/c1-6-29-20-14-17(15-21(30-7-2)22(20)31-8-3)25-23(26)24-12-11-16-9-10-18(27-4)19(13-16)28-5/h9-10,13-15H,6-8,11-12H2,1-5H3,(H2,24,25,26). The first-order valence-electron chi connectivity index (χ1n) is 10.4. The van der Waals surface area contributed by atoms with Crippen molar-refractivity contribution in [2.75, 3.05) is 45.9 Å². The Morgan fingerprint density at radius 3 is 1.97 bits per heavy atom. The van der Waals surface area contributed by atoms with Gasteiger partial charge in [-0.1, -0.05) is 6.07 Å². The number of urea groups is 1. The van der Waals surface area contributed by atoms with E-state index in [9.17, 15) is 4.79 Å². The number of anilines is 1. The van der Waals surface area contributed by atoms with Crippen LogP contribution in [0.5, 0.6) is 28.7 Å². The maximum absolute atomic E-state index is 12.4. The second kappa shape index (κ2) is 12.4. The molecular formula is C23H32N2O6. The van der Waals surface area contributed by atoms with Gasteiger partial charge in [-0.3, -0.25) is 0 Å². The van der Waals surface area contributed by atoms with Crippen LogP contribution in [0.3, 0.4) is 0 Å². The van der Waals surface area contributed by atoms with Crippen molar-refractivity contribution in [1.82, 2.24) is 5.32 Å². The quantitative estimate of drug-likeness (QED) is 0.521. The molecule has 0 fully saturated rings. The van der Waals surface area contributed by atoms with Crippen LogP contribution in [-0.4, -0.2) is 46.6 Å². The molecule has 8 nitrogen and oxygen atoms in total. The lowest BCUT2D eigenvalue weighted by atomic mass is 10.1. The van der Waals surface area contributed by atoms with E-state index in [1.54, 1.807) is 26.4 Å². The average Bonchev–Trinajstić information content (AvgIpc) is 2.76. The normalized spacial score (nSPS) is 10.2. The summed E-state index contributed by atoms with van der Waals surface area (Å²) in [6.45, 7) is 7.52. The van der Waals surface area contributed by atoms with E-state index < -0.39 is 0 Å². The van der Waals surface area contributed by atoms with Crippen molar-refractivity contribution < 1.29 is 28.5 Å². The van der Waals surface area contributed by atoms with Crippen LogP contribution in [0.1, 0.15) is 26.3 Å². The Balaban J connectivity index is 2.02. The van der Waals surface area contributed by atoms with Crippen LogP contribution in [-0.2, 0) is 6.42 Å². The monoisotopic (exact) mass is 432 g/mol. The van der Waals surface area contributed by atoms with Crippen LogP contribution in [0.25, 0.3) is 0 Å². The lowest BCUT2D eigenvalue weighted by Crippen LogP contribution is -2.30. The van der Waals surface area contributed by atoms with Crippen molar-refractivity contribution in [3.8, 4) is 28.7 Å². The third kappa shape index (κ3) is 6.87. The summed E-state index contributed by atoms with van der Waals surface area (Å²) < 4.78 is 27.6. The highest BCUT2D eigenvalue weighted by atomic mass is 16.5. The summed E-state index contributed by atoms with van der Waals surface area (Å²) in [6.07, 6.45) is 0.644. The minimum Gasteiger partial charge on any atom is -0.493 e. The van der Waals surface area contributed by atoms with E-state index in [0.29, 0.717) is 67.2 Å². The van der Waals surface area contributed by atoms with E-state index in [4.69, 9.17) is 23.7 Å². The average molecular weight is 433 g/mol. The van der Waals surface area contributed by atoms with Gasteiger partial charge in [0.2, 0.25) is 5.75 Å². The molecule has 0 saturated heterocycles. The number of ether oxygens (including phenoxy) is 5. The first kappa shape index (κ1) is 24.0. The maximum Gasteiger partial charge on any atom is 0.319 e. The summed E-state index contributed by atoms with van der Waals surface area (Å²) in [4.78, 5) is 12.4. The summed E-state index contributed by atoms with van der Waals surface area (Å²) in [5.41, 5.74) is 1.58. The van der Waals surface area contributed by atoms with Crippen molar-refractivity contribution in [2.45, 2.75) is 27.2 Å². The third-order valence-corrected chi connectivity index (χ3v) is 4.31. The Morgan fingerprint density at radius 2 is 1.42 bits per heavy atom. The lowest BCUT2D eigenvalue weighted by molar-refractivity contribution is 0.252. The molecule has 2 rings (SSSR count). The summed E-state index contributed by atoms with van der Waals surface area (Å²) in [5.74, 6) is 2.91. The van der Waals surface area contributed by atoms with Crippen LogP contribution >= 0.6 is 0 Å². The molecule has 0 atom stereocenters. The van der Waals surface area contributed by atoms with Gasteiger partial charge in [0.25, 0.3) is 0 Å². The second-order valence-electron chi connectivity index (χ2n) is 6.42. The smallest absolute Gasteiger partial charge is 0.319 e. The molecule has 2 N–H and O–H groups in total. The zero-order chi connectivity index (χ0) is 22.6. The number of rotatable bonds is 12. The Labute approximate surface area is 183 Å². The summed E-state index contributed by atoms with van der Waals surface area (Å²) in [6, 6.07) is 8.81. The van der Waals surface area contributed by atoms with Crippen molar-refractivity contribution in [1.29, 1.82) is 0 Å². The predicted molar refractivity (Wildman–Crippen MR) is 120 cm³/mol. The first-order chi connectivity index (χ1) is 15.1. The van der Waals surface area contributed by atoms with Gasteiger partial charge in [-0.15, -0.1) is 0 Å². The Kier molecular flexibility index (Phi) is 9.61. The molecule has 2 amide bonds. The Hall–Kier alpha value is -3.29. The van der Waals surface area contributed by atoms with Crippen molar-refractivity contribution in [3.05, 3.63) is 35.9 Å². The van der Waals surface area contributed by atoms with Gasteiger partial charge in [0, 0.05) is 18.7 Å². The second-order valence-corrected chi connectivity index (χ2v) is 6.42. The predicted octanol–water partition coefficient (Wildman–Crippen LogP) is 4.26. The molecule has 0 heterocycles. The van der Waals surface area contributed by atoms with Crippen LogP contribution in [0, 0.1) is 0 Å². The fourth-order valence-electron chi connectivity index (χ4n) is 2.99. The molecule has 0 spiro atoms. The summed E-state index contributed by atoms with van der Waals surface area (Å²) in [7, 11) is 3.19. The minimum absolute atomic E-state index is 0.325. The van der Waals surface area contributed by atoms with E-state index in [2.05, 4.69) is 10.6 Å². The summed E-state index contributed by atoms with van der Waals surface area (Å²) in [5, 5.41) is 5.68. The number of nitrogens with one attached hydrogen (secondary N) is 2. The van der Waals surface area contributed by atoms with Gasteiger partial charge in [-0.05, 0) is 44.9 Å². The molecule has 0 aliphatic rings. The number of carbonyl (C=O) groups excluding carboxylic acids is 1. The summed E-state index contributed by atoms with van der Waals surface area (Å²) >= 11 is 0. The van der Waals surface area contributed by atoms with E-state index in [-0.39, 0.29) is 6.03 Å². The van der Waals surface area contributed by atoms with Crippen LogP contribution in [0.15, 0.2) is 30.3 Å². The first-order valence-corrected chi connectivity index (χ1v) is 10.4. The fourth-order valence-corrected chi connectivity index (χ4v) is 2.99. The van der Waals surface area contributed by atoms with E-state index in [0.717, 1.165) is 5.56 Å². The molecule has 170 valence electrons. The largest absolute Gasteiger partial charge is 0.493 e. The molecule has 8 heteroatoms. The van der Waals surface area contributed by atoms with Gasteiger partial charge < -0.3 is 34.3 Å². The fraction of sp³-hybridized carbons (Fsp3) is 0.435.